The maximum Gasteiger partial charge on any atom is 0.414 e. The first-order valence-electron chi connectivity index (χ1n) is 8.85. The van der Waals surface area contributed by atoms with Crippen LogP contribution in [0.5, 0.6) is 0 Å². The Bertz CT molecular complexity index is 860. The van der Waals surface area contributed by atoms with Crippen LogP contribution in [0.2, 0.25) is 0 Å². The normalized spacial score (nSPS) is 10.8. The third-order valence-corrected chi connectivity index (χ3v) is 3.80. The summed E-state index contributed by atoms with van der Waals surface area (Å²) >= 11 is 0. The number of pyridine rings is 1. The number of fused-ring (bicyclic) bond motifs is 1. The summed E-state index contributed by atoms with van der Waals surface area (Å²) in [6, 6.07) is 7.92. The fraction of sp³-hybridized carbons (Fsp3) is 0.400. The van der Waals surface area contributed by atoms with Gasteiger partial charge >= 0.3 is 11.9 Å². The molecule has 0 radical (unpaired) electrons. The van der Waals surface area contributed by atoms with Crippen LogP contribution in [0.1, 0.15) is 39.0 Å². The van der Waals surface area contributed by atoms with E-state index >= 15 is 0 Å². The quantitative estimate of drug-likeness (QED) is 0.592. The molecule has 0 fully saturated rings. The van der Waals surface area contributed by atoms with E-state index < -0.39 is 11.9 Å². The number of para-hydroxylation sites is 1. The molecular formula is C20H27N3O5. The molecule has 1 heterocycles. The summed E-state index contributed by atoms with van der Waals surface area (Å²) < 4.78 is 0. The van der Waals surface area contributed by atoms with E-state index in [2.05, 4.69) is 22.5 Å². The third kappa shape index (κ3) is 6.96. The van der Waals surface area contributed by atoms with Gasteiger partial charge < -0.3 is 20.8 Å². The van der Waals surface area contributed by atoms with Crippen molar-refractivity contribution in [2.75, 3.05) is 11.9 Å². The fourth-order valence-corrected chi connectivity index (χ4v) is 2.39. The molecule has 1 amide bonds. The van der Waals surface area contributed by atoms with E-state index in [0.717, 1.165) is 34.3 Å². The number of carbonyl (C=O) groups is 3. The molecule has 0 saturated heterocycles. The smallest absolute Gasteiger partial charge is 0.414 e. The standard InChI is InChI=1S/C18H25N3O.C2H2O4/c1-6-14-12(2)17(13-9-7-8-10-15(13)20-14)21-16(22)11-19-18(3,4)5;3-1(4)2(5)6/h7-10,19H,6,11H2,1-5H3,(H,20,21,22);(H,3,4)(H,5,6). The Morgan fingerprint density at radius 2 is 1.64 bits per heavy atom. The lowest BCUT2D eigenvalue weighted by Gasteiger charge is -2.21. The van der Waals surface area contributed by atoms with Crippen molar-refractivity contribution in [1.29, 1.82) is 0 Å². The summed E-state index contributed by atoms with van der Waals surface area (Å²) in [7, 11) is 0. The summed E-state index contributed by atoms with van der Waals surface area (Å²) in [6.07, 6.45) is 0.847. The van der Waals surface area contributed by atoms with Crippen LogP contribution in [0.15, 0.2) is 24.3 Å². The van der Waals surface area contributed by atoms with Gasteiger partial charge in [-0.15, -0.1) is 0 Å². The van der Waals surface area contributed by atoms with E-state index in [1.54, 1.807) is 0 Å². The van der Waals surface area contributed by atoms with E-state index in [4.69, 9.17) is 19.8 Å². The number of amides is 1. The van der Waals surface area contributed by atoms with Gasteiger partial charge in [0.1, 0.15) is 0 Å². The number of nitrogens with one attached hydrogen (secondary N) is 2. The maximum atomic E-state index is 12.3. The van der Waals surface area contributed by atoms with E-state index in [9.17, 15) is 4.79 Å². The molecule has 0 aliphatic carbocycles. The highest BCUT2D eigenvalue weighted by Crippen LogP contribution is 2.28. The van der Waals surface area contributed by atoms with Gasteiger partial charge in [0, 0.05) is 16.6 Å². The number of aromatic nitrogens is 1. The highest BCUT2D eigenvalue weighted by atomic mass is 16.4. The van der Waals surface area contributed by atoms with Crippen LogP contribution in [-0.4, -0.2) is 45.1 Å². The molecule has 0 spiro atoms. The first-order chi connectivity index (χ1) is 13.0. The second kappa shape index (κ2) is 9.80. The molecule has 8 heteroatoms. The first kappa shape index (κ1) is 23.0. The summed E-state index contributed by atoms with van der Waals surface area (Å²) in [5, 5.41) is 22.0. The number of benzene rings is 1. The van der Waals surface area contributed by atoms with Crippen molar-refractivity contribution in [2.24, 2.45) is 0 Å². The number of hydrogen-bond donors (Lipinski definition) is 4. The lowest BCUT2D eigenvalue weighted by molar-refractivity contribution is -0.159. The molecule has 1 aromatic carbocycles. The molecule has 2 rings (SSSR count). The Morgan fingerprint density at radius 1 is 1.07 bits per heavy atom. The molecule has 1 aromatic heterocycles. The van der Waals surface area contributed by atoms with Crippen LogP contribution >= 0.6 is 0 Å². The Morgan fingerprint density at radius 3 is 2.14 bits per heavy atom. The highest BCUT2D eigenvalue weighted by Gasteiger charge is 2.15. The minimum Gasteiger partial charge on any atom is -0.473 e. The van der Waals surface area contributed by atoms with E-state index in [0.29, 0.717) is 6.54 Å². The average molecular weight is 389 g/mol. The minimum absolute atomic E-state index is 0.0311. The van der Waals surface area contributed by atoms with Gasteiger partial charge in [-0.25, -0.2) is 9.59 Å². The number of rotatable bonds is 4. The number of aryl methyl sites for hydroxylation is 1. The molecule has 0 bridgehead atoms. The molecule has 4 N–H and O–H groups in total. The third-order valence-electron chi connectivity index (χ3n) is 3.80. The van der Waals surface area contributed by atoms with Crippen molar-refractivity contribution in [1.82, 2.24) is 10.3 Å². The van der Waals surface area contributed by atoms with Gasteiger partial charge in [0.2, 0.25) is 5.91 Å². The predicted molar refractivity (Wildman–Crippen MR) is 108 cm³/mol. The van der Waals surface area contributed by atoms with Crippen molar-refractivity contribution in [3.8, 4) is 0 Å². The van der Waals surface area contributed by atoms with Gasteiger partial charge in [0.15, 0.2) is 0 Å². The van der Waals surface area contributed by atoms with Crippen LogP contribution in [0.3, 0.4) is 0 Å². The molecule has 0 saturated carbocycles. The zero-order valence-electron chi connectivity index (χ0n) is 16.8. The van der Waals surface area contributed by atoms with Crippen molar-refractivity contribution in [2.45, 2.75) is 46.6 Å². The number of hydrogen-bond acceptors (Lipinski definition) is 5. The monoisotopic (exact) mass is 389 g/mol. The van der Waals surface area contributed by atoms with Gasteiger partial charge in [0.05, 0.1) is 17.7 Å². The van der Waals surface area contributed by atoms with E-state index in [1.165, 1.54) is 0 Å². The molecule has 0 aliphatic heterocycles. The highest BCUT2D eigenvalue weighted by molar-refractivity contribution is 6.27. The number of aliphatic carboxylic acids is 2. The SMILES string of the molecule is CCc1nc2ccccc2c(NC(=O)CNC(C)(C)C)c1C.O=C(O)C(=O)O. The molecule has 0 unspecified atom stereocenters. The Balaban J connectivity index is 0.000000568. The topological polar surface area (TPSA) is 129 Å². The van der Waals surface area contributed by atoms with Crippen molar-refractivity contribution < 1.29 is 24.6 Å². The zero-order valence-corrected chi connectivity index (χ0v) is 16.8. The largest absolute Gasteiger partial charge is 0.473 e. The zero-order chi connectivity index (χ0) is 21.5. The average Bonchev–Trinajstić information content (AvgIpc) is 2.62. The lowest BCUT2D eigenvalue weighted by Crippen LogP contribution is -2.41. The lowest BCUT2D eigenvalue weighted by atomic mass is 10.1. The minimum atomic E-state index is -1.82. The molecule has 0 atom stereocenters. The van der Waals surface area contributed by atoms with Crippen LogP contribution < -0.4 is 10.6 Å². The predicted octanol–water partition coefficient (Wildman–Crippen LogP) is 2.59. The summed E-state index contributed by atoms with van der Waals surface area (Å²) in [6.45, 7) is 10.5. The second-order valence-electron chi connectivity index (χ2n) is 7.19. The van der Waals surface area contributed by atoms with Crippen molar-refractivity contribution in [3.63, 3.8) is 0 Å². The van der Waals surface area contributed by atoms with Gasteiger partial charge in [0.25, 0.3) is 0 Å². The van der Waals surface area contributed by atoms with Gasteiger partial charge in [-0.05, 0) is 45.7 Å². The number of nitrogens with zero attached hydrogens (tertiary/aromatic N) is 1. The molecule has 2 aromatic rings. The molecule has 28 heavy (non-hydrogen) atoms. The van der Waals surface area contributed by atoms with Gasteiger partial charge in [-0.3, -0.25) is 9.78 Å². The fourth-order valence-electron chi connectivity index (χ4n) is 2.39. The van der Waals surface area contributed by atoms with Crippen LogP contribution in [0.25, 0.3) is 10.9 Å². The molecule has 8 nitrogen and oxygen atoms in total. The summed E-state index contributed by atoms with van der Waals surface area (Å²) in [5.74, 6) is -3.68. The molecular weight excluding hydrogens is 362 g/mol. The summed E-state index contributed by atoms with van der Waals surface area (Å²) in [5.41, 5.74) is 3.79. The van der Waals surface area contributed by atoms with Crippen LogP contribution in [0, 0.1) is 6.92 Å². The summed E-state index contributed by atoms with van der Waals surface area (Å²) in [4.78, 5) is 35.1. The Kier molecular flexibility index (Phi) is 8.06. The Labute approximate surface area is 164 Å². The van der Waals surface area contributed by atoms with Crippen molar-refractivity contribution >= 4 is 34.4 Å². The number of carbonyl (C=O) groups excluding carboxylic acids is 1. The molecule has 152 valence electrons. The molecule has 0 aliphatic rings. The first-order valence-corrected chi connectivity index (χ1v) is 8.85. The van der Waals surface area contributed by atoms with Crippen molar-refractivity contribution in [3.05, 3.63) is 35.5 Å². The maximum absolute atomic E-state index is 12.3. The van der Waals surface area contributed by atoms with E-state index in [1.807, 2.05) is 52.0 Å². The van der Waals surface area contributed by atoms with Crippen LogP contribution in [0.4, 0.5) is 5.69 Å². The van der Waals surface area contributed by atoms with Crippen LogP contribution in [-0.2, 0) is 20.8 Å². The number of carboxylic acids is 2. The number of anilines is 1. The van der Waals surface area contributed by atoms with E-state index in [-0.39, 0.29) is 11.4 Å². The Hall–Kier alpha value is -3.00. The van der Waals surface area contributed by atoms with Gasteiger partial charge in [-0.1, -0.05) is 25.1 Å². The van der Waals surface area contributed by atoms with Gasteiger partial charge in [-0.2, -0.15) is 0 Å². The second-order valence-corrected chi connectivity index (χ2v) is 7.19. The number of carboxylic acid groups (broad SMARTS) is 2.